The van der Waals surface area contributed by atoms with E-state index in [1.54, 1.807) is 14.0 Å². The molecule has 134 valence electrons. The zero-order valence-electron chi connectivity index (χ0n) is 14.5. The topological polar surface area (TPSA) is 85.6 Å². The third kappa shape index (κ3) is 3.39. The van der Waals surface area contributed by atoms with Gasteiger partial charge in [0.2, 0.25) is 4.96 Å². The number of sulfonamides is 1. The van der Waals surface area contributed by atoms with Crippen molar-refractivity contribution in [2.24, 2.45) is 0 Å². The summed E-state index contributed by atoms with van der Waals surface area (Å²) in [6.45, 7) is 5.44. The average Bonchev–Trinajstić information content (AvgIpc) is 3.06. The van der Waals surface area contributed by atoms with Crippen molar-refractivity contribution in [2.75, 3.05) is 7.11 Å². The van der Waals surface area contributed by atoms with Gasteiger partial charge < -0.3 is 4.74 Å². The van der Waals surface area contributed by atoms with E-state index in [9.17, 15) is 8.42 Å². The number of aromatic nitrogens is 3. The lowest BCUT2D eigenvalue weighted by atomic mass is 10.1. The van der Waals surface area contributed by atoms with Gasteiger partial charge in [-0.15, -0.1) is 0 Å². The fourth-order valence-corrected chi connectivity index (χ4v) is 5.13. The van der Waals surface area contributed by atoms with Gasteiger partial charge in [-0.1, -0.05) is 30.4 Å². The zero-order valence-corrected chi connectivity index (χ0v) is 16.1. The summed E-state index contributed by atoms with van der Waals surface area (Å²) in [6, 6.07) is 7.01. The van der Waals surface area contributed by atoms with E-state index in [1.165, 1.54) is 15.9 Å². The van der Waals surface area contributed by atoms with Crippen molar-refractivity contribution in [3.63, 3.8) is 0 Å². The van der Waals surface area contributed by atoms with Crippen molar-refractivity contribution in [3.05, 3.63) is 40.5 Å². The molecule has 0 unspecified atom stereocenters. The molecule has 1 aromatic carbocycles. The van der Waals surface area contributed by atoms with Crippen LogP contribution in [0.25, 0.3) is 4.96 Å². The van der Waals surface area contributed by atoms with Crippen LogP contribution in [0.4, 0.5) is 0 Å². The molecule has 3 aromatic rings. The maximum atomic E-state index is 13.0. The van der Waals surface area contributed by atoms with Gasteiger partial charge in [0.1, 0.15) is 10.8 Å². The number of fused-ring (bicyclic) bond motifs is 1. The summed E-state index contributed by atoms with van der Waals surface area (Å²) in [4.78, 5) is 4.89. The summed E-state index contributed by atoms with van der Waals surface area (Å²) in [6.07, 6.45) is 0.614. The van der Waals surface area contributed by atoms with Crippen LogP contribution in [0, 0.1) is 13.8 Å². The molecule has 9 heteroatoms. The summed E-state index contributed by atoms with van der Waals surface area (Å²) >= 11 is 1.36. The van der Waals surface area contributed by atoms with Gasteiger partial charge in [0.15, 0.2) is 5.03 Å². The predicted molar refractivity (Wildman–Crippen MR) is 96.7 cm³/mol. The molecule has 0 fully saturated rings. The lowest BCUT2D eigenvalue weighted by Gasteiger charge is -2.17. The number of benzene rings is 1. The Kier molecular flexibility index (Phi) is 4.81. The highest BCUT2D eigenvalue weighted by atomic mass is 32.2. The number of nitrogens with one attached hydrogen (secondary N) is 1. The fourth-order valence-electron chi connectivity index (χ4n) is 2.70. The van der Waals surface area contributed by atoms with Gasteiger partial charge in [0.05, 0.1) is 12.8 Å². The molecule has 1 N–H and O–H groups in total. The molecule has 2 heterocycles. The molecule has 0 bridgehead atoms. The molecule has 2 aromatic heterocycles. The summed E-state index contributed by atoms with van der Waals surface area (Å²) in [5.41, 5.74) is 1.32. The minimum Gasteiger partial charge on any atom is -0.497 e. The number of hydrogen-bond donors (Lipinski definition) is 1. The molecule has 0 saturated heterocycles. The van der Waals surface area contributed by atoms with E-state index in [4.69, 9.17) is 4.74 Å². The van der Waals surface area contributed by atoms with Gasteiger partial charge in [-0.2, -0.15) is 9.61 Å². The summed E-state index contributed by atoms with van der Waals surface area (Å²) in [7, 11) is -2.18. The second-order valence-electron chi connectivity index (χ2n) is 5.67. The highest BCUT2D eigenvalue weighted by Gasteiger charge is 2.28. The molecular weight excluding hydrogens is 360 g/mol. The molecule has 0 aliphatic rings. The Labute approximate surface area is 150 Å². The minimum atomic E-state index is -3.77. The van der Waals surface area contributed by atoms with E-state index in [-0.39, 0.29) is 11.1 Å². The standard InChI is InChI=1S/C16H20N4O3S2/c1-5-14(12-6-8-13(23-4)9-7-12)19-25(21,22)15-10(2)17-16-20(15)18-11(3)24-16/h6-9,14,19H,5H2,1-4H3/t14-/m0/s1. The second kappa shape index (κ2) is 6.74. The van der Waals surface area contributed by atoms with Gasteiger partial charge >= 0.3 is 0 Å². The molecular formula is C16H20N4O3S2. The Balaban J connectivity index is 1.96. The smallest absolute Gasteiger partial charge is 0.260 e. The van der Waals surface area contributed by atoms with E-state index in [1.807, 2.05) is 38.1 Å². The molecule has 0 spiro atoms. The second-order valence-corrected chi connectivity index (χ2v) is 8.46. The predicted octanol–water partition coefficient (Wildman–Crippen LogP) is 2.85. The van der Waals surface area contributed by atoms with Crippen LogP contribution in [0.15, 0.2) is 29.3 Å². The van der Waals surface area contributed by atoms with Crippen LogP contribution in [-0.2, 0) is 10.0 Å². The van der Waals surface area contributed by atoms with Crippen LogP contribution in [0.1, 0.15) is 35.7 Å². The van der Waals surface area contributed by atoms with Gasteiger partial charge in [-0.05, 0) is 38.0 Å². The monoisotopic (exact) mass is 380 g/mol. The lowest BCUT2D eigenvalue weighted by Crippen LogP contribution is -2.30. The van der Waals surface area contributed by atoms with E-state index in [0.29, 0.717) is 17.1 Å². The van der Waals surface area contributed by atoms with Crippen LogP contribution in [0.5, 0.6) is 5.75 Å². The van der Waals surface area contributed by atoms with Crippen molar-refractivity contribution in [3.8, 4) is 5.75 Å². The zero-order chi connectivity index (χ0) is 18.2. The first-order chi connectivity index (χ1) is 11.9. The van der Waals surface area contributed by atoms with E-state index in [0.717, 1.165) is 16.3 Å². The van der Waals surface area contributed by atoms with Crippen molar-refractivity contribution in [1.82, 2.24) is 19.3 Å². The van der Waals surface area contributed by atoms with Crippen LogP contribution < -0.4 is 9.46 Å². The van der Waals surface area contributed by atoms with E-state index < -0.39 is 10.0 Å². The molecule has 7 nitrogen and oxygen atoms in total. The Morgan fingerprint density at radius 2 is 1.96 bits per heavy atom. The van der Waals surface area contributed by atoms with Gasteiger partial charge in [-0.25, -0.2) is 18.1 Å². The number of imidazole rings is 1. The highest BCUT2D eigenvalue weighted by Crippen LogP contribution is 2.25. The summed E-state index contributed by atoms with van der Waals surface area (Å²) in [5.74, 6) is 0.729. The van der Waals surface area contributed by atoms with Crippen LogP contribution >= 0.6 is 11.3 Å². The summed E-state index contributed by atoms with van der Waals surface area (Å²) in [5, 5.41) is 5.13. The number of rotatable bonds is 6. The number of hydrogen-bond acceptors (Lipinski definition) is 6. The summed E-state index contributed by atoms with van der Waals surface area (Å²) < 4.78 is 35.3. The minimum absolute atomic E-state index is 0.0961. The Morgan fingerprint density at radius 3 is 2.56 bits per heavy atom. The molecule has 0 aliphatic carbocycles. The number of nitrogens with zero attached hydrogens (tertiary/aromatic N) is 3. The molecule has 25 heavy (non-hydrogen) atoms. The molecule has 0 radical (unpaired) electrons. The molecule has 3 rings (SSSR count). The van der Waals surface area contributed by atoms with Crippen molar-refractivity contribution >= 4 is 26.3 Å². The third-order valence-corrected chi connectivity index (χ3v) is 6.30. The highest BCUT2D eigenvalue weighted by molar-refractivity contribution is 7.89. The maximum Gasteiger partial charge on any atom is 0.260 e. The number of ether oxygens (including phenoxy) is 1. The number of methoxy groups -OCH3 is 1. The fraction of sp³-hybridized carbons (Fsp3) is 0.375. The first-order valence-corrected chi connectivity index (χ1v) is 10.1. The molecule has 0 saturated carbocycles. The average molecular weight is 380 g/mol. The first-order valence-electron chi connectivity index (χ1n) is 7.84. The van der Waals surface area contributed by atoms with E-state index >= 15 is 0 Å². The van der Waals surface area contributed by atoms with Crippen molar-refractivity contribution in [2.45, 2.75) is 38.3 Å². The Morgan fingerprint density at radius 1 is 1.28 bits per heavy atom. The van der Waals surface area contributed by atoms with Gasteiger partial charge in [0, 0.05) is 6.04 Å². The molecule has 1 atom stereocenters. The van der Waals surface area contributed by atoms with Crippen LogP contribution in [0.3, 0.4) is 0 Å². The lowest BCUT2D eigenvalue weighted by molar-refractivity contribution is 0.414. The largest absolute Gasteiger partial charge is 0.497 e. The number of aryl methyl sites for hydroxylation is 2. The Hall–Kier alpha value is -1.97. The van der Waals surface area contributed by atoms with Crippen LogP contribution in [0.2, 0.25) is 0 Å². The van der Waals surface area contributed by atoms with Crippen molar-refractivity contribution < 1.29 is 13.2 Å². The quantitative estimate of drug-likeness (QED) is 0.711. The molecule has 0 aliphatic heterocycles. The van der Waals surface area contributed by atoms with Gasteiger partial charge in [-0.3, -0.25) is 0 Å². The van der Waals surface area contributed by atoms with Gasteiger partial charge in [0.25, 0.3) is 10.0 Å². The Bertz CT molecular complexity index is 990. The first kappa shape index (κ1) is 17.8. The van der Waals surface area contributed by atoms with Crippen molar-refractivity contribution in [1.29, 1.82) is 0 Å². The normalized spacial score (nSPS) is 13.3. The van der Waals surface area contributed by atoms with Crippen LogP contribution in [-0.4, -0.2) is 30.1 Å². The maximum absolute atomic E-state index is 13.0. The molecule has 0 amide bonds. The SMILES string of the molecule is CC[C@H](NS(=O)(=O)c1c(C)nc2sc(C)nn12)c1ccc(OC)cc1. The van der Waals surface area contributed by atoms with E-state index in [2.05, 4.69) is 14.8 Å². The third-order valence-electron chi connectivity index (χ3n) is 3.90.